The topological polar surface area (TPSA) is 113 Å². The van der Waals surface area contributed by atoms with Crippen molar-refractivity contribution in [2.24, 2.45) is 0 Å². The van der Waals surface area contributed by atoms with Crippen LogP contribution in [0.5, 0.6) is 5.88 Å². The van der Waals surface area contributed by atoms with E-state index in [0.717, 1.165) is 18.4 Å². The van der Waals surface area contributed by atoms with Crippen LogP contribution in [0.2, 0.25) is 0 Å². The van der Waals surface area contributed by atoms with Crippen molar-refractivity contribution >= 4 is 12.0 Å². The van der Waals surface area contributed by atoms with Crippen LogP contribution in [-0.4, -0.2) is 43.8 Å². The van der Waals surface area contributed by atoms with Crippen molar-refractivity contribution in [2.45, 2.75) is 31.2 Å². The van der Waals surface area contributed by atoms with Gasteiger partial charge in [0.2, 0.25) is 11.8 Å². The molecule has 0 spiro atoms. The maximum Gasteiger partial charge on any atom is 0.407 e. The van der Waals surface area contributed by atoms with Crippen LogP contribution in [0.25, 0.3) is 0 Å². The highest BCUT2D eigenvalue weighted by molar-refractivity contribution is 5.66. The average molecular weight is 328 g/mol. The molecule has 1 aromatic heterocycles. The van der Waals surface area contributed by atoms with Crippen molar-refractivity contribution in [3.63, 3.8) is 0 Å². The molecule has 1 aliphatic rings. The number of aromatic hydroxyl groups is 1. The number of hydrogen-bond donors (Lipinski definition) is 3. The Balaban J connectivity index is 1.96. The molecule has 2 atom stereocenters. The third-order valence-corrected chi connectivity index (χ3v) is 4.44. The normalized spacial score (nSPS) is 20.8. The number of benzene rings is 1. The van der Waals surface area contributed by atoms with E-state index in [1.165, 1.54) is 11.0 Å². The fraction of sp³-hybridized carbons (Fsp3) is 0.353. The van der Waals surface area contributed by atoms with Gasteiger partial charge in [-0.2, -0.15) is 4.98 Å². The van der Waals surface area contributed by atoms with Gasteiger partial charge in [-0.1, -0.05) is 30.3 Å². The molecule has 3 rings (SSSR count). The van der Waals surface area contributed by atoms with Crippen LogP contribution in [0.1, 0.15) is 30.0 Å². The molecule has 126 valence electrons. The molecule has 1 aromatic carbocycles. The van der Waals surface area contributed by atoms with E-state index in [0.29, 0.717) is 18.7 Å². The standard InChI is InChI=1S/C17H20N4O3/c18-16-19-13(10-15(22)20-16)12-7-4-8-21(17(23)24)14(12)9-11-5-2-1-3-6-11/h1-3,5-6,10,12,14H,4,7-9H2,(H,23,24)(H3,18,19,20,22). The zero-order chi connectivity index (χ0) is 17.1. The SMILES string of the molecule is Nc1nc(O)cc(C2CCCN(C(=O)O)C2Cc2ccccc2)n1. The van der Waals surface area contributed by atoms with Crippen molar-refractivity contribution in [3.8, 4) is 5.88 Å². The van der Waals surface area contributed by atoms with Crippen LogP contribution in [-0.2, 0) is 6.42 Å². The fourth-order valence-corrected chi connectivity index (χ4v) is 3.41. The summed E-state index contributed by atoms with van der Waals surface area (Å²) >= 11 is 0. The molecular formula is C17H20N4O3. The second-order valence-electron chi connectivity index (χ2n) is 5.99. The number of carboxylic acid groups (broad SMARTS) is 1. The van der Waals surface area contributed by atoms with Gasteiger partial charge >= 0.3 is 6.09 Å². The third-order valence-electron chi connectivity index (χ3n) is 4.44. The molecule has 0 radical (unpaired) electrons. The van der Waals surface area contributed by atoms with Crippen LogP contribution in [0.15, 0.2) is 36.4 Å². The quantitative estimate of drug-likeness (QED) is 0.796. The van der Waals surface area contributed by atoms with Gasteiger partial charge < -0.3 is 20.8 Å². The number of hydrogen-bond acceptors (Lipinski definition) is 5. The summed E-state index contributed by atoms with van der Waals surface area (Å²) in [4.78, 5) is 21.1. The van der Waals surface area contributed by atoms with E-state index in [-0.39, 0.29) is 23.8 Å². The molecule has 2 aromatic rings. The molecule has 2 heterocycles. The van der Waals surface area contributed by atoms with E-state index < -0.39 is 6.09 Å². The second kappa shape index (κ2) is 6.74. The number of carbonyl (C=O) groups is 1. The summed E-state index contributed by atoms with van der Waals surface area (Å²) in [5.41, 5.74) is 7.30. The van der Waals surface area contributed by atoms with E-state index in [2.05, 4.69) is 9.97 Å². The minimum absolute atomic E-state index is 0.00379. The van der Waals surface area contributed by atoms with Gasteiger partial charge in [0.15, 0.2) is 0 Å². The van der Waals surface area contributed by atoms with Crippen molar-refractivity contribution in [2.75, 3.05) is 12.3 Å². The first kappa shape index (κ1) is 16.0. The number of nitrogen functional groups attached to an aromatic ring is 1. The maximum atomic E-state index is 11.7. The van der Waals surface area contributed by atoms with Gasteiger partial charge in [0.25, 0.3) is 0 Å². The molecule has 0 bridgehead atoms. The number of amides is 1. The first-order valence-corrected chi connectivity index (χ1v) is 7.91. The molecule has 7 heteroatoms. The Hall–Kier alpha value is -2.83. The average Bonchev–Trinajstić information content (AvgIpc) is 2.55. The van der Waals surface area contributed by atoms with Crippen LogP contribution in [0.4, 0.5) is 10.7 Å². The first-order chi connectivity index (χ1) is 11.5. The number of likely N-dealkylation sites (tertiary alicyclic amines) is 1. The second-order valence-corrected chi connectivity index (χ2v) is 5.99. The zero-order valence-corrected chi connectivity index (χ0v) is 13.2. The first-order valence-electron chi connectivity index (χ1n) is 7.91. The Labute approximate surface area is 139 Å². The summed E-state index contributed by atoms with van der Waals surface area (Å²) in [6.45, 7) is 0.496. The Bertz CT molecular complexity index is 703. The number of rotatable bonds is 3. The van der Waals surface area contributed by atoms with Crippen LogP contribution >= 0.6 is 0 Å². The van der Waals surface area contributed by atoms with Gasteiger partial charge in [0.1, 0.15) is 0 Å². The molecule has 2 unspecified atom stereocenters. The van der Waals surface area contributed by atoms with Crippen molar-refractivity contribution in [3.05, 3.63) is 47.7 Å². The molecule has 4 N–H and O–H groups in total. The Morgan fingerprint density at radius 1 is 1.29 bits per heavy atom. The maximum absolute atomic E-state index is 11.7. The Kier molecular flexibility index (Phi) is 4.50. The lowest BCUT2D eigenvalue weighted by molar-refractivity contribution is 0.0957. The van der Waals surface area contributed by atoms with Gasteiger partial charge in [-0.25, -0.2) is 9.78 Å². The van der Waals surface area contributed by atoms with Gasteiger partial charge in [0.05, 0.1) is 5.69 Å². The summed E-state index contributed by atoms with van der Waals surface area (Å²) in [6, 6.07) is 11.0. The summed E-state index contributed by atoms with van der Waals surface area (Å²) in [5, 5.41) is 19.3. The molecular weight excluding hydrogens is 308 g/mol. The Morgan fingerprint density at radius 2 is 2.04 bits per heavy atom. The minimum Gasteiger partial charge on any atom is -0.493 e. The van der Waals surface area contributed by atoms with Crippen LogP contribution in [0, 0.1) is 0 Å². The van der Waals surface area contributed by atoms with Gasteiger partial charge in [-0.15, -0.1) is 0 Å². The molecule has 0 saturated carbocycles. The largest absolute Gasteiger partial charge is 0.493 e. The highest BCUT2D eigenvalue weighted by Crippen LogP contribution is 2.34. The van der Waals surface area contributed by atoms with Crippen molar-refractivity contribution in [1.82, 2.24) is 14.9 Å². The number of piperidine rings is 1. The molecule has 1 fully saturated rings. The minimum atomic E-state index is -0.938. The van der Waals surface area contributed by atoms with Gasteiger partial charge in [0, 0.05) is 24.6 Å². The molecule has 1 amide bonds. The predicted octanol–water partition coefficient (Wildman–Crippen LogP) is 2.23. The Morgan fingerprint density at radius 3 is 2.71 bits per heavy atom. The summed E-state index contributed by atoms with van der Waals surface area (Å²) in [6.07, 6.45) is 1.18. The van der Waals surface area contributed by atoms with E-state index >= 15 is 0 Å². The lowest BCUT2D eigenvalue weighted by Crippen LogP contribution is -2.48. The fourth-order valence-electron chi connectivity index (χ4n) is 3.41. The highest BCUT2D eigenvalue weighted by Gasteiger charge is 2.36. The van der Waals surface area contributed by atoms with Gasteiger partial charge in [-0.05, 0) is 24.8 Å². The van der Waals surface area contributed by atoms with E-state index in [1.807, 2.05) is 30.3 Å². The van der Waals surface area contributed by atoms with Crippen molar-refractivity contribution < 1.29 is 15.0 Å². The van der Waals surface area contributed by atoms with Crippen molar-refractivity contribution in [1.29, 1.82) is 0 Å². The zero-order valence-electron chi connectivity index (χ0n) is 13.2. The number of nitrogens with two attached hydrogens (primary N) is 1. The number of anilines is 1. The van der Waals surface area contributed by atoms with E-state index in [4.69, 9.17) is 5.73 Å². The van der Waals surface area contributed by atoms with Gasteiger partial charge in [-0.3, -0.25) is 0 Å². The summed E-state index contributed by atoms with van der Waals surface area (Å²) in [5.74, 6) is -0.328. The van der Waals surface area contributed by atoms with Crippen LogP contribution < -0.4 is 5.73 Å². The lowest BCUT2D eigenvalue weighted by atomic mass is 9.83. The molecule has 1 saturated heterocycles. The number of aromatic nitrogens is 2. The van der Waals surface area contributed by atoms with E-state index in [1.54, 1.807) is 0 Å². The van der Waals surface area contributed by atoms with E-state index in [9.17, 15) is 15.0 Å². The predicted molar refractivity (Wildman–Crippen MR) is 88.7 cm³/mol. The smallest absolute Gasteiger partial charge is 0.407 e. The summed E-state index contributed by atoms with van der Waals surface area (Å²) < 4.78 is 0. The molecule has 0 aliphatic carbocycles. The molecule has 1 aliphatic heterocycles. The van der Waals surface area contributed by atoms with Crippen LogP contribution in [0.3, 0.4) is 0 Å². The highest BCUT2D eigenvalue weighted by atomic mass is 16.4. The number of nitrogens with zero attached hydrogens (tertiary/aromatic N) is 3. The lowest BCUT2D eigenvalue weighted by Gasteiger charge is -2.39. The third kappa shape index (κ3) is 3.40. The summed E-state index contributed by atoms with van der Waals surface area (Å²) in [7, 11) is 0. The molecule has 24 heavy (non-hydrogen) atoms. The monoisotopic (exact) mass is 328 g/mol. The molecule has 7 nitrogen and oxygen atoms in total.